The number of carbonyl (C=O) groups excluding carboxylic acids is 2. The summed E-state index contributed by atoms with van der Waals surface area (Å²) in [6.07, 6.45) is 0.593. The van der Waals surface area contributed by atoms with E-state index in [0.717, 1.165) is 5.56 Å². The molecule has 0 radical (unpaired) electrons. The van der Waals surface area contributed by atoms with Crippen molar-refractivity contribution in [2.45, 2.75) is 13.3 Å². The summed E-state index contributed by atoms with van der Waals surface area (Å²) in [6, 6.07) is 18.2. The summed E-state index contributed by atoms with van der Waals surface area (Å²) in [5, 5.41) is 0. The van der Waals surface area contributed by atoms with E-state index < -0.39 is 5.97 Å². The fraction of sp³-hybridized carbons (Fsp3) is 0.176. The Kier molecular flexibility index (Phi) is 5.10. The molecule has 21 heavy (non-hydrogen) atoms. The Morgan fingerprint density at radius 1 is 1.00 bits per heavy atom. The molecule has 0 aliphatic carbocycles. The molecule has 0 saturated heterocycles. The van der Waals surface area contributed by atoms with Crippen LogP contribution in [0.5, 0.6) is 0 Å². The van der Waals surface area contributed by atoms with Crippen LogP contribution in [0.15, 0.2) is 60.7 Å². The van der Waals surface area contributed by atoms with E-state index in [4.69, 9.17) is 4.84 Å². The van der Waals surface area contributed by atoms with Crippen molar-refractivity contribution in [3.05, 3.63) is 71.8 Å². The van der Waals surface area contributed by atoms with Crippen LogP contribution in [0.4, 0.5) is 0 Å². The minimum absolute atomic E-state index is 0.282. The van der Waals surface area contributed by atoms with Gasteiger partial charge in [0.25, 0.3) is 5.91 Å². The first-order valence-electron chi connectivity index (χ1n) is 6.77. The third-order valence-corrected chi connectivity index (χ3v) is 3.09. The number of benzene rings is 2. The smallest absolute Gasteiger partial charge is 0.335 e. The summed E-state index contributed by atoms with van der Waals surface area (Å²) in [6.45, 7) is 1.79. The van der Waals surface area contributed by atoms with Crippen LogP contribution in [0.3, 0.4) is 0 Å². The molecule has 0 spiro atoms. The van der Waals surface area contributed by atoms with Crippen molar-refractivity contribution < 1.29 is 14.4 Å². The van der Waals surface area contributed by atoms with Crippen LogP contribution in [0.2, 0.25) is 0 Å². The number of hydrogen-bond donors (Lipinski definition) is 1. The summed E-state index contributed by atoms with van der Waals surface area (Å²) in [7, 11) is 0. The second-order valence-electron chi connectivity index (χ2n) is 4.81. The molecule has 0 aromatic heterocycles. The quantitative estimate of drug-likeness (QED) is 0.878. The summed E-state index contributed by atoms with van der Waals surface area (Å²) >= 11 is 0. The van der Waals surface area contributed by atoms with Crippen molar-refractivity contribution >= 4 is 11.9 Å². The molecule has 2 aromatic rings. The minimum Gasteiger partial charge on any atom is -0.335 e. The monoisotopic (exact) mass is 283 g/mol. The molecule has 1 amide bonds. The molecule has 2 aromatic carbocycles. The van der Waals surface area contributed by atoms with Crippen LogP contribution in [0.25, 0.3) is 0 Å². The van der Waals surface area contributed by atoms with Crippen molar-refractivity contribution in [2.24, 2.45) is 5.92 Å². The Morgan fingerprint density at radius 2 is 1.57 bits per heavy atom. The van der Waals surface area contributed by atoms with Crippen LogP contribution in [0, 0.1) is 5.92 Å². The van der Waals surface area contributed by atoms with Gasteiger partial charge in [0.05, 0.1) is 5.56 Å². The van der Waals surface area contributed by atoms with Crippen LogP contribution in [-0.2, 0) is 16.1 Å². The summed E-state index contributed by atoms with van der Waals surface area (Å²) in [5.74, 6) is -1.17. The molecule has 0 saturated carbocycles. The Balaban J connectivity index is 1.83. The van der Waals surface area contributed by atoms with Crippen LogP contribution in [0.1, 0.15) is 22.8 Å². The van der Waals surface area contributed by atoms with E-state index in [-0.39, 0.29) is 11.8 Å². The number of nitrogens with one attached hydrogen (secondary N) is 1. The minimum atomic E-state index is -0.573. The van der Waals surface area contributed by atoms with E-state index in [1.807, 2.05) is 30.3 Å². The molecule has 4 heteroatoms. The predicted octanol–water partition coefficient (Wildman–Crippen LogP) is 2.75. The maximum atomic E-state index is 11.9. The van der Waals surface area contributed by atoms with Gasteiger partial charge in [0.15, 0.2) is 0 Å². The number of hydroxylamine groups is 1. The van der Waals surface area contributed by atoms with Gasteiger partial charge in [0, 0.05) is 5.92 Å². The first-order chi connectivity index (χ1) is 10.2. The zero-order valence-electron chi connectivity index (χ0n) is 11.8. The molecule has 0 aliphatic rings. The highest BCUT2D eigenvalue weighted by atomic mass is 16.7. The molecule has 2 rings (SSSR count). The molecule has 0 unspecified atom stereocenters. The van der Waals surface area contributed by atoms with Crippen molar-refractivity contribution in [1.29, 1.82) is 0 Å². The highest BCUT2D eigenvalue weighted by molar-refractivity contribution is 5.90. The largest absolute Gasteiger partial charge is 0.362 e. The van der Waals surface area contributed by atoms with Gasteiger partial charge in [-0.1, -0.05) is 55.5 Å². The third kappa shape index (κ3) is 4.45. The second-order valence-corrected chi connectivity index (χ2v) is 4.81. The van der Waals surface area contributed by atoms with Gasteiger partial charge >= 0.3 is 5.97 Å². The lowest BCUT2D eigenvalue weighted by Gasteiger charge is -2.11. The van der Waals surface area contributed by atoms with Gasteiger partial charge in [-0.05, 0) is 24.1 Å². The first-order valence-corrected chi connectivity index (χ1v) is 6.77. The molecule has 4 nitrogen and oxygen atoms in total. The predicted molar refractivity (Wildman–Crippen MR) is 79.3 cm³/mol. The van der Waals surface area contributed by atoms with Gasteiger partial charge in [-0.25, -0.2) is 4.79 Å². The maximum Gasteiger partial charge on any atom is 0.362 e. The van der Waals surface area contributed by atoms with Crippen LogP contribution < -0.4 is 5.48 Å². The first kappa shape index (κ1) is 14.8. The van der Waals surface area contributed by atoms with Gasteiger partial charge < -0.3 is 4.84 Å². The van der Waals surface area contributed by atoms with E-state index in [1.165, 1.54) is 0 Å². The van der Waals surface area contributed by atoms with Crippen LogP contribution >= 0.6 is 0 Å². The Bertz CT molecular complexity index is 596. The third-order valence-electron chi connectivity index (χ3n) is 3.09. The summed E-state index contributed by atoms with van der Waals surface area (Å²) < 4.78 is 0. The van der Waals surface area contributed by atoms with E-state index in [0.29, 0.717) is 12.0 Å². The SMILES string of the molecule is C[C@H](Cc1ccccc1)C(=O)NOC(=O)c1ccccc1. The molecule has 0 fully saturated rings. The Labute approximate surface area is 123 Å². The molecule has 0 bridgehead atoms. The lowest BCUT2D eigenvalue weighted by atomic mass is 10.0. The fourth-order valence-electron chi connectivity index (χ4n) is 1.89. The number of rotatable bonds is 4. The molecule has 1 atom stereocenters. The molecule has 108 valence electrons. The zero-order chi connectivity index (χ0) is 15.1. The number of carbonyl (C=O) groups is 2. The molecular weight excluding hydrogens is 266 g/mol. The van der Waals surface area contributed by atoms with Crippen LogP contribution in [-0.4, -0.2) is 11.9 Å². The average molecular weight is 283 g/mol. The number of amides is 1. The van der Waals surface area contributed by atoms with Crippen molar-refractivity contribution in [1.82, 2.24) is 5.48 Å². The topological polar surface area (TPSA) is 55.4 Å². The second kappa shape index (κ2) is 7.24. The van der Waals surface area contributed by atoms with Crippen molar-refractivity contribution in [3.63, 3.8) is 0 Å². The standard InChI is InChI=1S/C17H17NO3/c1-13(12-14-8-4-2-5-9-14)16(19)18-21-17(20)15-10-6-3-7-11-15/h2-11,13H,12H2,1H3,(H,18,19)/t13-/m1/s1. The maximum absolute atomic E-state index is 11.9. The van der Waals surface area contributed by atoms with E-state index in [1.54, 1.807) is 37.3 Å². The van der Waals surface area contributed by atoms with Gasteiger partial charge in [-0.3, -0.25) is 4.79 Å². The normalized spacial score (nSPS) is 11.5. The van der Waals surface area contributed by atoms with Gasteiger partial charge in [0.1, 0.15) is 0 Å². The molecular formula is C17H17NO3. The Morgan fingerprint density at radius 3 is 2.19 bits per heavy atom. The van der Waals surface area contributed by atoms with E-state index in [9.17, 15) is 9.59 Å². The highest BCUT2D eigenvalue weighted by Crippen LogP contribution is 2.08. The van der Waals surface area contributed by atoms with Gasteiger partial charge in [-0.2, -0.15) is 5.48 Å². The lowest BCUT2D eigenvalue weighted by molar-refractivity contribution is -0.133. The zero-order valence-corrected chi connectivity index (χ0v) is 11.8. The summed E-state index contributed by atoms with van der Waals surface area (Å²) in [5.41, 5.74) is 3.67. The lowest BCUT2D eigenvalue weighted by Crippen LogP contribution is -2.32. The molecule has 0 aliphatic heterocycles. The van der Waals surface area contributed by atoms with Crippen molar-refractivity contribution in [3.8, 4) is 0 Å². The highest BCUT2D eigenvalue weighted by Gasteiger charge is 2.16. The van der Waals surface area contributed by atoms with Crippen molar-refractivity contribution in [2.75, 3.05) is 0 Å². The fourth-order valence-corrected chi connectivity index (χ4v) is 1.89. The molecule has 0 heterocycles. The average Bonchev–Trinajstić information content (AvgIpc) is 2.54. The number of hydrogen-bond acceptors (Lipinski definition) is 3. The van der Waals surface area contributed by atoms with Gasteiger partial charge in [-0.15, -0.1) is 0 Å². The van der Waals surface area contributed by atoms with E-state index >= 15 is 0 Å². The van der Waals surface area contributed by atoms with Gasteiger partial charge in [0.2, 0.25) is 0 Å². The van der Waals surface area contributed by atoms with E-state index in [2.05, 4.69) is 5.48 Å². The summed E-state index contributed by atoms with van der Waals surface area (Å²) in [4.78, 5) is 28.4. The molecule has 1 N–H and O–H groups in total. The Hall–Kier alpha value is -2.62.